The molecule has 4 N–H and O–H groups in total. The number of nitrogens with two attached hydrogens (primary N) is 1. The molecule has 0 aliphatic carbocycles. The molecule has 0 saturated heterocycles. The van der Waals surface area contributed by atoms with Crippen LogP contribution in [-0.2, 0) is 10.2 Å². The minimum absolute atomic E-state index is 0.140. The van der Waals surface area contributed by atoms with Crippen LogP contribution in [0.2, 0.25) is 5.02 Å². The summed E-state index contributed by atoms with van der Waals surface area (Å²) in [4.78, 5) is 15.6. The molecule has 2 heterocycles. The number of hydrogen-bond acceptors (Lipinski definition) is 4. The average molecular weight is 347 g/mol. The number of benzene rings is 1. The maximum atomic E-state index is 11.1. The van der Waals surface area contributed by atoms with E-state index in [-0.39, 0.29) is 11.3 Å². The third-order valence-corrected chi connectivity index (χ3v) is 3.96. The lowest BCUT2D eigenvalue weighted by molar-refractivity contribution is -0.114. The van der Waals surface area contributed by atoms with Crippen LogP contribution in [-0.4, -0.2) is 25.7 Å². The number of amides is 1. The van der Waals surface area contributed by atoms with Crippen molar-refractivity contribution in [3.05, 3.63) is 28.9 Å². The monoisotopic (exact) mass is 346 g/mol. The third-order valence-electron chi connectivity index (χ3n) is 3.60. The Labute approximate surface area is 144 Å². The van der Waals surface area contributed by atoms with Crippen LogP contribution < -0.4 is 11.1 Å². The van der Waals surface area contributed by atoms with Gasteiger partial charge >= 0.3 is 0 Å². The number of hydrogen-bond donors (Lipinski definition) is 3. The van der Waals surface area contributed by atoms with Crippen LogP contribution in [0.5, 0.6) is 0 Å². The Morgan fingerprint density at radius 2 is 2.08 bits per heavy atom. The molecule has 0 saturated carbocycles. The fourth-order valence-corrected chi connectivity index (χ4v) is 2.91. The first-order valence-corrected chi connectivity index (χ1v) is 7.87. The van der Waals surface area contributed by atoms with Crippen LogP contribution in [0.25, 0.3) is 17.0 Å². The zero-order chi connectivity index (χ0) is 17.6. The lowest BCUT2D eigenvalue weighted by Gasteiger charge is -2.16. The Morgan fingerprint density at radius 1 is 1.38 bits per heavy atom. The first kappa shape index (κ1) is 16.3. The fraction of sp³-hybridized carbons (Fsp3) is 0.312. The minimum atomic E-state index is -0.155. The van der Waals surface area contributed by atoms with Gasteiger partial charge in [-0.25, -0.2) is 4.98 Å². The number of nitrogens with zero attached hydrogens (tertiary/aromatic N) is 3. The number of carbonyl (C=O) groups excluding carboxylic acids is 1. The first-order valence-electron chi connectivity index (χ1n) is 7.49. The summed E-state index contributed by atoms with van der Waals surface area (Å²) in [5.41, 5.74) is 9.14. The van der Waals surface area contributed by atoms with Crippen LogP contribution in [0.15, 0.2) is 18.2 Å². The highest BCUT2D eigenvalue weighted by Gasteiger charge is 2.24. The largest absolute Gasteiger partial charge is 0.398 e. The maximum absolute atomic E-state index is 11.1. The molecule has 8 heteroatoms. The van der Waals surface area contributed by atoms with Crippen molar-refractivity contribution in [1.82, 2.24) is 19.8 Å². The molecule has 0 radical (unpaired) electrons. The van der Waals surface area contributed by atoms with Gasteiger partial charge in [0.05, 0.1) is 5.69 Å². The van der Waals surface area contributed by atoms with Crippen molar-refractivity contribution < 1.29 is 4.79 Å². The standard InChI is InChI=1S/C16H19ClN6O/c1-8(24)19-9-5-6-10(11(18)7-9)14-20-15-12(17)13(16(2,3)4)21-23(15)22-14/h5-7,21H,18H2,1-4H3,(H,19,24). The SMILES string of the molecule is CC(=O)Nc1ccc(-c2nc3c(Cl)c(C(C)(C)C)[nH]n3n2)c(N)c1. The van der Waals surface area contributed by atoms with Crippen molar-refractivity contribution in [3.63, 3.8) is 0 Å². The van der Waals surface area contributed by atoms with Crippen molar-refractivity contribution in [2.45, 2.75) is 33.1 Å². The number of halogens is 1. The lowest BCUT2D eigenvalue weighted by Crippen LogP contribution is -2.13. The molecular formula is C16H19ClN6O. The predicted octanol–water partition coefficient (Wildman–Crippen LogP) is 3.22. The third kappa shape index (κ3) is 2.82. The lowest BCUT2D eigenvalue weighted by atomic mass is 9.92. The summed E-state index contributed by atoms with van der Waals surface area (Å²) >= 11 is 6.43. The van der Waals surface area contributed by atoms with Crippen molar-refractivity contribution >= 4 is 34.5 Å². The van der Waals surface area contributed by atoms with Crippen molar-refractivity contribution in [1.29, 1.82) is 0 Å². The molecule has 126 valence electrons. The summed E-state index contributed by atoms with van der Waals surface area (Å²) in [5.74, 6) is 0.313. The highest BCUT2D eigenvalue weighted by Crippen LogP contribution is 2.33. The topological polar surface area (TPSA) is 101 Å². The highest BCUT2D eigenvalue weighted by atomic mass is 35.5. The summed E-state index contributed by atoms with van der Waals surface area (Å²) in [6.45, 7) is 7.62. The normalized spacial score (nSPS) is 11.9. The van der Waals surface area contributed by atoms with Gasteiger partial charge in [-0.2, -0.15) is 4.63 Å². The van der Waals surface area contributed by atoms with Crippen LogP contribution in [0.4, 0.5) is 11.4 Å². The zero-order valence-corrected chi connectivity index (χ0v) is 14.7. The van der Waals surface area contributed by atoms with Crippen molar-refractivity contribution in [2.24, 2.45) is 0 Å². The molecule has 0 bridgehead atoms. The number of fused-ring (bicyclic) bond motifs is 1. The van der Waals surface area contributed by atoms with Crippen molar-refractivity contribution in [3.8, 4) is 11.4 Å². The molecular weight excluding hydrogens is 328 g/mol. The molecule has 0 aliphatic heterocycles. The van der Waals surface area contributed by atoms with Gasteiger partial charge in [0.15, 0.2) is 11.5 Å². The highest BCUT2D eigenvalue weighted by molar-refractivity contribution is 6.34. The van der Waals surface area contributed by atoms with Gasteiger partial charge in [-0.15, -0.1) is 5.10 Å². The van der Waals surface area contributed by atoms with Gasteiger partial charge in [0.2, 0.25) is 5.91 Å². The van der Waals surface area contributed by atoms with Crippen LogP contribution in [0.3, 0.4) is 0 Å². The number of aromatic nitrogens is 4. The number of H-pyrrole nitrogens is 1. The van der Waals surface area contributed by atoms with E-state index in [0.717, 1.165) is 5.69 Å². The molecule has 1 amide bonds. The van der Waals surface area contributed by atoms with E-state index in [2.05, 4.69) is 41.3 Å². The first-order chi connectivity index (χ1) is 11.2. The van der Waals surface area contributed by atoms with E-state index < -0.39 is 0 Å². The van der Waals surface area contributed by atoms with E-state index in [1.165, 1.54) is 6.92 Å². The van der Waals surface area contributed by atoms with E-state index in [1.54, 1.807) is 22.8 Å². The van der Waals surface area contributed by atoms with Gasteiger partial charge in [-0.05, 0) is 18.2 Å². The molecule has 1 aromatic carbocycles. The molecule has 7 nitrogen and oxygen atoms in total. The molecule has 0 spiro atoms. The second kappa shape index (κ2) is 5.52. The molecule has 2 aromatic heterocycles. The van der Waals surface area contributed by atoms with Crippen molar-refractivity contribution in [2.75, 3.05) is 11.1 Å². The van der Waals surface area contributed by atoms with Crippen LogP contribution in [0, 0.1) is 0 Å². The number of rotatable bonds is 2. The number of carbonyl (C=O) groups is 1. The summed E-state index contributed by atoms with van der Waals surface area (Å²) < 4.78 is 1.55. The van der Waals surface area contributed by atoms with Gasteiger partial charge in [0.1, 0.15) is 5.02 Å². The summed E-state index contributed by atoms with van der Waals surface area (Å²) in [6.07, 6.45) is 0. The number of nitrogens with one attached hydrogen (secondary N) is 2. The summed E-state index contributed by atoms with van der Waals surface area (Å²) in [7, 11) is 0. The number of aromatic amines is 1. The Hall–Kier alpha value is -2.54. The Kier molecular flexibility index (Phi) is 3.76. The summed E-state index contributed by atoms with van der Waals surface area (Å²) in [5, 5.41) is 10.8. The molecule has 0 unspecified atom stereocenters. The molecule has 0 atom stereocenters. The fourth-order valence-electron chi connectivity index (χ4n) is 2.46. The van der Waals surface area contributed by atoms with E-state index in [0.29, 0.717) is 33.4 Å². The quantitative estimate of drug-likeness (QED) is 0.620. The molecule has 3 rings (SSSR count). The van der Waals surface area contributed by atoms with E-state index in [4.69, 9.17) is 17.3 Å². The van der Waals surface area contributed by atoms with Crippen LogP contribution >= 0.6 is 11.6 Å². The molecule has 0 fully saturated rings. The number of anilines is 2. The maximum Gasteiger partial charge on any atom is 0.221 e. The minimum Gasteiger partial charge on any atom is -0.398 e. The second-order valence-corrected chi connectivity index (χ2v) is 7.08. The molecule has 0 aliphatic rings. The number of nitrogen functional groups attached to an aromatic ring is 1. The Morgan fingerprint density at radius 3 is 2.62 bits per heavy atom. The van der Waals surface area contributed by atoms with Gasteiger partial charge in [-0.1, -0.05) is 32.4 Å². The van der Waals surface area contributed by atoms with E-state index in [1.807, 2.05) is 0 Å². The van der Waals surface area contributed by atoms with E-state index in [9.17, 15) is 4.79 Å². The van der Waals surface area contributed by atoms with Gasteiger partial charge < -0.3 is 11.1 Å². The molecule has 3 aromatic rings. The second-order valence-electron chi connectivity index (χ2n) is 6.70. The smallest absolute Gasteiger partial charge is 0.221 e. The average Bonchev–Trinajstić information content (AvgIpc) is 2.98. The Balaban J connectivity index is 2.03. The van der Waals surface area contributed by atoms with Crippen LogP contribution in [0.1, 0.15) is 33.4 Å². The molecule has 24 heavy (non-hydrogen) atoms. The van der Waals surface area contributed by atoms with Gasteiger partial charge in [0.25, 0.3) is 0 Å². The summed E-state index contributed by atoms with van der Waals surface area (Å²) in [6, 6.07) is 5.20. The van der Waals surface area contributed by atoms with E-state index >= 15 is 0 Å². The van der Waals surface area contributed by atoms with Gasteiger partial charge in [-0.3, -0.25) is 9.89 Å². The Bertz CT molecular complexity index is 934. The predicted molar refractivity (Wildman–Crippen MR) is 95.2 cm³/mol. The zero-order valence-electron chi connectivity index (χ0n) is 13.9. The van der Waals surface area contributed by atoms with Gasteiger partial charge in [0, 0.05) is 29.3 Å².